The molecule has 5 heteroatoms. The van der Waals surface area contributed by atoms with Crippen LogP contribution in [0.2, 0.25) is 0 Å². The molecule has 0 atom stereocenters. The normalized spacial score (nSPS) is 15.0. The SMILES string of the molecule is CCCCCNCCC(=O)N1CCN(c2ccccc2F)CC1. The molecule has 23 heavy (non-hydrogen) atoms. The monoisotopic (exact) mass is 321 g/mol. The fourth-order valence-electron chi connectivity index (χ4n) is 2.88. The average molecular weight is 321 g/mol. The predicted octanol–water partition coefficient (Wildman–Crippen LogP) is 2.64. The Labute approximate surface area is 138 Å². The largest absolute Gasteiger partial charge is 0.366 e. The van der Waals surface area contributed by atoms with Crippen molar-refractivity contribution >= 4 is 11.6 Å². The number of rotatable bonds is 8. The molecule has 1 heterocycles. The highest BCUT2D eigenvalue weighted by molar-refractivity contribution is 5.76. The number of nitrogens with zero attached hydrogens (tertiary/aromatic N) is 2. The summed E-state index contributed by atoms with van der Waals surface area (Å²) < 4.78 is 13.8. The third-order valence-corrected chi connectivity index (χ3v) is 4.30. The van der Waals surface area contributed by atoms with Crippen molar-refractivity contribution in [1.82, 2.24) is 10.2 Å². The maximum Gasteiger partial charge on any atom is 0.223 e. The van der Waals surface area contributed by atoms with Crippen LogP contribution in [-0.4, -0.2) is 50.1 Å². The fourth-order valence-corrected chi connectivity index (χ4v) is 2.88. The number of carbonyl (C=O) groups is 1. The molecule has 0 radical (unpaired) electrons. The van der Waals surface area contributed by atoms with Crippen molar-refractivity contribution in [3.8, 4) is 0 Å². The van der Waals surface area contributed by atoms with Crippen LogP contribution >= 0.6 is 0 Å². The minimum absolute atomic E-state index is 0.191. The molecule has 128 valence electrons. The van der Waals surface area contributed by atoms with E-state index in [1.165, 1.54) is 25.3 Å². The highest BCUT2D eigenvalue weighted by atomic mass is 19.1. The quantitative estimate of drug-likeness (QED) is 0.748. The van der Waals surface area contributed by atoms with Crippen molar-refractivity contribution in [2.75, 3.05) is 44.2 Å². The van der Waals surface area contributed by atoms with E-state index in [1.54, 1.807) is 12.1 Å². The third kappa shape index (κ3) is 5.50. The van der Waals surface area contributed by atoms with E-state index in [9.17, 15) is 9.18 Å². The fraction of sp³-hybridized carbons (Fsp3) is 0.611. The van der Waals surface area contributed by atoms with Gasteiger partial charge in [-0.3, -0.25) is 4.79 Å². The van der Waals surface area contributed by atoms with Gasteiger partial charge in [-0.05, 0) is 25.1 Å². The first kappa shape index (κ1) is 17.7. The van der Waals surface area contributed by atoms with Gasteiger partial charge in [0, 0.05) is 39.1 Å². The van der Waals surface area contributed by atoms with E-state index in [2.05, 4.69) is 12.2 Å². The predicted molar refractivity (Wildman–Crippen MR) is 92.2 cm³/mol. The molecule has 4 nitrogen and oxygen atoms in total. The number of carbonyl (C=O) groups excluding carboxylic acids is 1. The zero-order valence-electron chi connectivity index (χ0n) is 14.1. The summed E-state index contributed by atoms with van der Waals surface area (Å²) in [6.07, 6.45) is 4.17. The van der Waals surface area contributed by atoms with Gasteiger partial charge in [0.05, 0.1) is 5.69 Å². The number of para-hydroxylation sites is 1. The summed E-state index contributed by atoms with van der Waals surface area (Å²) in [5, 5.41) is 3.32. The molecule has 1 fully saturated rings. The number of benzene rings is 1. The molecule has 1 aliphatic rings. The smallest absolute Gasteiger partial charge is 0.223 e. The van der Waals surface area contributed by atoms with Crippen LogP contribution in [0.3, 0.4) is 0 Å². The lowest BCUT2D eigenvalue weighted by atomic mass is 10.2. The molecule has 1 N–H and O–H groups in total. The van der Waals surface area contributed by atoms with E-state index in [0.717, 1.165) is 13.1 Å². The summed E-state index contributed by atoms with van der Waals surface area (Å²) >= 11 is 0. The molecule has 0 unspecified atom stereocenters. The van der Waals surface area contributed by atoms with E-state index in [4.69, 9.17) is 0 Å². The summed E-state index contributed by atoms with van der Waals surface area (Å²) in [5.41, 5.74) is 0.636. The Hall–Kier alpha value is -1.62. The molecule has 1 aliphatic heterocycles. The highest BCUT2D eigenvalue weighted by Crippen LogP contribution is 2.20. The van der Waals surface area contributed by atoms with Crippen LogP contribution < -0.4 is 10.2 Å². The molecule has 2 rings (SSSR count). The Morgan fingerprint density at radius 3 is 2.57 bits per heavy atom. The second-order valence-corrected chi connectivity index (χ2v) is 6.03. The van der Waals surface area contributed by atoms with Crippen LogP contribution in [0.15, 0.2) is 24.3 Å². The Balaban J connectivity index is 1.68. The number of halogens is 1. The van der Waals surface area contributed by atoms with Crippen molar-refractivity contribution in [2.24, 2.45) is 0 Å². The lowest BCUT2D eigenvalue weighted by Gasteiger charge is -2.36. The molecule has 1 aromatic rings. The van der Waals surface area contributed by atoms with Gasteiger partial charge in [0.1, 0.15) is 5.82 Å². The van der Waals surface area contributed by atoms with Gasteiger partial charge in [0.25, 0.3) is 0 Å². The minimum atomic E-state index is -0.191. The van der Waals surface area contributed by atoms with Crippen LogP contribution in [0.1, 0.15) is 32.6 Å². The molecule has 1 saturated heterocycles. The molecule has 0 saturated carbocycles. The number of hydrogen-bond donors (Lipinski definition) is 1. The van der Waals surface area contributed by atoms with Gasteiger partial charge in [0.15, 0.2) is 0 Å². The molecule has 0 aliphatic carbocycles. The first-order valence-corrected chi connectivity index (χ1v) is 8.70. The topological polar surface area (TPSA) is 35.6 Å². The van der Waals surface area contributed by atoms with E-state index in [-0.39, 0.29) is 11.7 Å². The lowest BCUT2D eigenvalue weighted by Crippen LogP contribution is -2.49. The Kier molecular flexibility index (Phi) is 7.33. The molecule has 0 aromatic heterocycles. The zero-order chi connectivity index (χ0) is 16.5. The third-order valence-electron chi connectivity index (χ3n) is 4.30. The molecular formula is C18H28FN3O. The van der Waals surface area contributed by atoms with Gasteiger partial charge in [-0.2, -0.15) is 0 Å². The number of anilines is 1. The number of amides is 1. The van der Waals surface area contributed by atoms with Crippen LogP contribution in [0, 0.1) is 5.82 Å². The summed E-state index contributed by atoms with van der Waals surface area (Å²) in [7, 11) is 0. The lowest BCUT2D eigenvalue weighted by molar-refractivity contribution is -0.131. The second-order valence-electron chi connectivity index (χ2n) is 6.03. The Bertz CT molecular complexity index is 487. The van der Waals surface area contributed by atoms with E-state index in [0.29, 0.717) is 38.3 Å². The number of nitrogens with one attached hydrogen (secondary N) is 1. The minimum Gasteiger partial charge on any atom is -0.366 e. The van der Waals surface area contributed by atoms with Gasteiger partial charge in [-0.15, -0.1) is 0 Å². The van der Waals surface area contributed by atoms with E-state index < -0.39 is 0 Å². The Morgan fingerprint density at radius 2 is 1.87 bits per heavy atom. The van der Waals surface area contributed by atoms with Crippen molar-refractivity contribution in [2.45, 2.75) is 32.6 Å². The van der Waals surface area contributed by atoms with Crippen molar-refractivity contribution in [3.05, 3.63) is 30.1 Å². The van der Waals surface area contributed by atoms with Crippen LogP contribution in [0.25, 0.3) is 0 Å². The Morgan fingerprint density at radius 1 is 1.13 bits per heavy atom. The van der Waals surface area contributed by atoms with Gasteiger partial charge >= 0.3 is 0 Å². The van der Waals surface area contributed by atoms with Gasteiger partial charge in [-0.1, -0.05) is 31.9 Å². The molecule has 0 spiro atoms. The zero-order valence-corrected chi connectivity index (χ0v) is 14.1. The first-order chi connectivity index (χ1) is 11.2. The van der Waals surface area contributed by atoms with Crippen molar-refractivity contribution < 1.29 is 9.18 Å². The summed E-state index contributed by atoms with van der Waals surface area (Å²) in [5.74, 6) is 0.00438. The molecule has 0 bridgehead atoms. The van der Waals surface area contributed by atoms with Gasteiger partial charge in [-0.25, -0.2) is 4.39 Å². The van der Waals surface area contributed by atoms with E-state index >= 15 is 0 Å². The van der Waals surface area contributed by atoms with Crippen molar-refractivity contribution in [1.29, 1.82) is 0 Å². The van der Waals surface area contributed by atoms with Crippen LogP contribution in [0.4, 0.5) is 10.1 Å². The van der Waals surface area contributed by atoms with Gasteiger partial charge < -0.3 is 15.1 Å². The highest BCUT2D eigenvalue weighted by Gasteiger charge is 2.22. The number of hydrogen-bond acceptors (Lipinski definition) is 3. The standard InChI is InChI=1S/C18H28FN3O/c1-2-3-6-10-20-11-9-18(23)22-14-12-21(13-15-22)17-8-5-4-7-16(17)19/h4-5,7-8,20H,2-3,6,9-15H2,1H3. The van der Waals surface area contributed by atoms with Crippen molar-refractivity contribution in [3.63, 3.8) is 0 Å². The number of piperazine rings is 1. The first-order valence-electron chi connectivity index (χ1n) is 8.70. The summed E-state index contributed by atoms with van der Waals surface area (Å²) in [4.78, 5) is 16.1. The summed E-state index contributed by atoms with van der Waals surface area (Å²) in [6.45, 7) is 6.64. The maximum atomic E-state index is 13.8. The molecule has 1 amide bonds. The average Bonchev–Trinajstić information content (AvgIpc) is 2.58. The maximum absolute atomic E-state index is 13.8. The van der Waals surface area contributed by atoms with Crippen LogP contribution in [0.5, 0.6) is 0 Å². The van der Waals surface area contributed by atoms with E-state index in [1.807, 2.05) is 15.9 Å². The molecular weight excluding hydrogens is 293 g/mol. The second kappa shape index (κ2) is 9.50. The van der Waals surface area contributed by atoms with Crippen LogP contribution in [-0.2, 0) is 4.79 Å². The number of unbranched alkanes of at least 4 members (excludes halogenated alkanes) is 2. The van der Waals surface area contributed by atoms with Gasteiger partial charge in [0.2, 0.25) is 5.91 Å². The summed E-state index contributed by atoms with van der Waals surface area (Å²) in [6, 6.07) is 6.83. The molecule has 1 aromatic carbocycles.